The number of esters is 1. The monoisotopic (exact) mass is 413 g/mol. The van der Waals surface area contributed by atoms with Crippen LogP contribution in [0, 0.1) is 0 Å². The number of benzene rings is 1. The van der Waals surface area contributed by atoms with E-state index >= 15 is 0 Å². The molecule has 1 aliphatic heterocycles. The van der Waals surface area contributed by atoms with Gasteiger partial charge in [-0.05, 0) is 45.4 Å². The van der Waals surface area contributed by atoms with Gasteiger partial charge in [0.1, 0.15) is 12.2 Å². The minimum atomic E-state index is -4.90. The second kappa shape index (κ2) is 7.81. The number of hydrogen-bond acceptors (Lipinski definition) is 4. The van der Waals surface area contributed by atoms with Crippen molar-refractivity contribution in [1.29, 1.82) is 0 Å². The van der Waals surface area contributed by atoms with Crippen molar-refractivity contribution in [2.75, 3.05) is 24.6 Å². The van der Waals surface area contributed by atoms with Crippen LogP contribution in [-0.4, -0.2) is 37.4 Å². The molecule has 0 amide bonds. The number of anilines is 1. The minimum absolute atomic E-state index is 0.0708. The fourth-order valence-electron chi connectivity index (χ4n) is 2.78. The molecule has 0 aliphatic carbocycles. The number of carbonyl (C=O) groups excluding carboxylic acids is 1. The van der Waals surface area contributed by atoms with E-state index < -0.39 is 41.2 Å². The van der Waals surface area contributed by atoms with Crippen molar-refractivity contribution in [3.05, 3.63) is 29.3 Å². The Hall–Kier alpha value is -1.97. The molecule has 1 aliphatic rings. The highest BCUT2D eigenvalue weighted by molar-refractivity contribution is 5.71. The van der Waals surface area contributed by atoms with Crippen LogP contribution in [-0.2, 0) is 26.6 Å². The van der Waals surface area contributed by atoms with Gasteiger partial charge in [0, 0.05) is 18.8 Å². The Kier molecular flexibility index (Phi) is 6.22. The Bertz CT molecular complexity index is 676. The van der Waals surface area contributed by atoms with E-state index in [0.29, 0.717) is 18.6 Å². The van der Waals surface area contributed by atoms with Crippen LogP contribution in [0.15, 0.2) is 18.2 Å². The number of halogens is 6. The second-order valence-electron chi connectivity index (χ2n) is 7.52. The lowest BCUT2D eigenvalue weighted by Gasteiger charge is -2.22. The Morgan fingerprint density at radius 2 is 1.57 bits per heavy atom. The van der Waals surface area contributed by atoms with E-state index in [2.05, 4.69) is 0 Å². The number of carbonyl (C=O) groups is 1. The van der Waals surface area contributed by atoms with Crippen LogP contribution in [0.4, 0.5) is 32.0 Å². The van der Waals surface area contributed by atoms with Gasteiger partial charge in [0.15, 0.2) is 0 Å². The third-order valence-electron chi connectivity index (χ3n) is 3.94. The summed E-state index contributed by atoms with van der Waals surface area (Å²) in [7, 11) is 0. The first kappa shape index (κ1) is 22.3. The van der Waals surface area contributed by atoms with Gasteiger partial charge < -0.3 is 14.4 Å². The SMILES string of the molecule is CC(C)(C)OC(=O)COC1CCN(c2cc(C(F)(F)F)cc(C(F)(F)F)c2)C1. The van der Waals surface area contributed by atoms with E-state index in [1.54, 1.807) is 20.8 Å². The van der Waals surface area contributed by atoms with Crippen molar-refractivity contribution in [1.82, 2.24) is 0 Å². The molecule has 0 aromatic heterocycles. The van der Waals surface area contributed by atoms with Crippen LogP contribution >= 0.6 is 0 Å². The normalized spacial score (nSPS) is 18.5. The van der Waals surface area contributed by atoms with Gasteiger partial charge in [0.2, 0.25) is 0 Å². The first-order valence-corrected chi connectivity index (χ1v) is 8.53. The number of rotatable bonds is 4. The van der Waals surface area contributed by atoms with Crippen LogP contribution in [0.5, 0.6) is 0 Å². The minimum Gasteiger partial charge on any atom is -0.458 e. The molecular weight excluding hydrogens is 392 g/mol. The largest absolute Gasteiger partial charge is 0.458 e. The summed E-state index contributed by atoms with van der Waals surface area (Å²) in [6, 6.07) is 1.47. The van der Waals surface area contributed by atoms with Crippen LogP contribution in [0.2, 0.25) is 0 Å². The van der Waals surface area contributed by atoms with Gasteiger partial charge in [-0.2, -0.15) is 26.3 Å². The van der Waals surface area contributed by atoms with Crippen LogP contribution < -0.4 is 4.90 Å². The molecule has 2 rings (SSSR count). The van der Waals surface area contributed by atoms with Crippen LogP contribution in [0.25, 0.3) is 0 Å². The first-order valence-electron chi connectivity index (χ1n) is 8.53. The lowest BCUT2D eigenvalue weighted by Crippen LogP contribution is -2.29. The Morgan fingerprint density at radius 3 is 2.04 bits per heavy atom. The second-order valence-corrected chi connectivity index (χ2v) is 7.52. The average molecular weight is 413 g/mol. The molecule has 4 nitrogen and oxygen atoms in total. The molecule has 1 heterocycles. The summed E-state index contributed by atoms with van der Waals surface area (Å²) in [6.45, 7) is 5.00. The van der Waals surface area contributed by atoms with Gasteiger partial charge in [0.25, 0.3) is 0 Å². The van der Waals surface area contributed by atoms with Crippen molar-refractivity contribution >= 4 is 11.7 Å². The van der Waals surface area contributed by atoms with Crippen molar-refractivity contribution < 1.29 is 40.6 Å². The molecule has 1 fully saturated rings. The number of ether oxygens (including phenoxy) is 2. The average Bonchev–Trinajstić information content (AvgIpc) is 2.98. The van der Waals surface area contributed by atoms with Crippen molar-refractivity contribution in [2.45, 2.75) is 51.2 Å². The fraction of sp³-hybridized carbons (Fsp3) is 0.611. The van der Waals surface area contributed by atoms with Gasteiger partial charge in [-0.25, -0.2) is 4.79 Å². The molecule has 1 aromatic carbocycles. The molecule has 1 saturated heterocycles. The third-order valence-corrected chi connectivity index (χ3v) is 3.94. The summed E-state index contributed by atoms with van der Waals surface area (Å²) < 4.78 is 88.4. The zero-order valence-electron chi connectivity index (χ0n) is 15.6. The number of nitrogens with zero attached hydrogens (tertiary/aromatic N) is 1. The molecule has 1 unspecified atom stereocenters. The zero-order valence-corrected chi connectivity index (χ0v) is 15.6. The Labute approximate surface area is 158 Å². The maximum absolute atomic E-state index is 13.0. The van der Waals surface area contributed by atoms with E-state index in [1.165, 1.54) is 4.90 Å². The van der Waals surface area contributed by atoms with Gasteiger partial charge in [-0.15, -0.1) is 0 Å². The molecule has 0 N–H and O–H groups in total. The van der Waals surface area contributed by atoms with E-state index in [0.717, 1.165) is 0 Å². The fourth-order valence-corrected chi connectivity index (χ4v) is 2.78. The molecule has 10 heteroatoms. The molecule has 28 heavy (non-hydrogen) atoms. The van der Waals surface area contributed by atoms with Crippen molar-refractivity contribution in [3.8, 4) is 0 Å². The molecule has 0 saturated carbocycles. The van der Waals surface area contributed by atoms with Gasteiger partial charge >= 0.3 is 18.3 Å². The van der Waals surface area contributed by atoms with E-state index in [9.17, 15) is 31.1 Å². The van der Waals surface area contributed by atoms with Gasteiger partial charge in [-0.3, -0.25) is 0 Å². The lowest BCUT2D eigenvalue weighted by molar-refractivity contribution is -0.162. The maximum atomic E-state index is 13.0. The predicted octanol–water partition coefficient (Wildman–Crippen LogP) is 4.66. The zero-order chi connectivity index (χ0) is 21.3. The predicted molar refractivity (Wildman–Crippen MR) is 88.9 cm³/mol. The quantitative estimate of drug-likeness (QED) is 0.532. The van der Waals surface area contributed by atoms with Crippen molar-refractivity contribution in [3.63, 3.8) is 0 Å². The third kappa shape index (κ3) is 6.29. The molecule has 0 radical (unpaired) electrons. The molecule has 0 bridgehead atoms. The topological polar surface area (TPSA) is 38.8 Å². The summed E-state index contributed by atoms with van der Waals surface area (Å²) in [5.74, 6) is -0.593. The maximum Gasteiger partial charge on any atom is 0.416 e. The molecule has 1 atom stereocenters. The van der Waals surface area contributed by atoms with Gasteiger partial charge in [-0.1, -0.05) is 0 Å². The number of hydrogen-bond donors (Lipinski definition) is 0. The Balaban J connectivity index is 2.09. The Morgan fingerprint density at radius 1 is 1.04 bits per heavy atom. The summed E-state index contributed by atoms with van der Waals surface area (Å²) >= 11 is 0. The highest BCUT2D eigenvalue weighted by Crippen LogP contribution is 2.39. The van der Waals surface area contributed by atoms with Crippen LogP contribution in [0.1, 0.15) is 38.3 Å². The molecule has 158 valence electrons. The highest BCUT2D eigenvalue weighted by atomic mass is 19.4. The van der Waals surface area contributed by atoms with E-state index in [1.807, 2.05) is 0 Å². The van der Waals surface area contributed by atoms with Crippen molar-refractivity contribution in [2.24, 2.45) is 0 Å². The van der Waals surface area contributed by atoms with Crippen LogP contribution in [0.3, 0.4) is 0 Å². The van der Waals surface area contributed by atoms with E-state index in [-0.39, 0.29) is 31.5 Å². The highest BCUT2D eigenvalue weighted by Gasteiger charge is 2.38. The smallest absolute Gasteiger partial charge is 0.416 e. The lowest BCUT2D eigenvalue weighted by atomic mass is 10.1. The summed E-state index contributed by atoms with van der Waals surface area (Å²) in [5.41, 5.74) is -3.61. The molecule has 1 aromatic rings. The first-order chi connectivity index (χ1) is 12.6. The molecular formula is C18H21F6NO3. The summed E-state index contributed by atoms with van der Waals surface area (Å²) in [4.78, 5) is 13.0. The molecule has 0 spiro atoms. The summed E-state index contributed by atoms with van der Waals surface area (Å²) in [5, 5.41) is 0. The van der Waals surface area contributed by atoms with Gasteiger partial charge in [0.05, 0.1) is 17.2 Å². The van der Waals surface area contributed by atoms with E-state index in [4.69, 9.17) is 9.47 Å². The number of alkyl halides is 6. The summed E-state index contributed by atoms with van der Waals surface area (Å²) in [6.07, 6.45) is -9.94. The standard InChI is InChI=1S/C18H21F6NO3/c1-16(2,3)28-15(26)10-27-14-4-5-25(9-14)13-7-11(17(19,20)21)6-12(8-13)18(22,23)24/h6-8,14H,4-5,9-10H2,1-3H3.